The second-order valence-corrected chi connectivity index (χ2v) is 5.63. The molecule has 3 rings (SSSR count). The lowest BCUT2D eigenvalue weighted by atomic mass is 10.1. The molecule has 24 heavy (non-hydrogen) atoms. The Bertz CT molecular complexity index is 935. The summed E-state index contributed by atoms with van der Waals surface area (Å²) in [4.78, 5) is 15.8. The standard InChI is InChI=1S/C19H18N2O3/c1-11-7-8-13(19(22)23)10-15(11)21-16-9-12(2)20-18-14(16)5-4-6-17(18)24-3/h4-10H,1-3H3,(H,20,21)(H,22,23). The molecule has 0 spiro atoms. The van der Waals surface area contributed by atoms with E-state index in [4.69, 9.17) is 4.74 Å². The highest BCUT2D eigenvalue weighted by Crippen LogP contribution is 2.32. The van der Waals surface area contributed by atoms with Gasteiger partial charge in [0, 0.05) is 22.5 Å². The minimum atomic E-state index is -0.949. The molecule has 0 saturated carbocycles. The van der Waals surface area contributed by atoms with E-state index in [1.54, 1.807) is 25.3 Å². The summed E-state index contributed by atoms with van der Waals surface area (Å²) in [6, 6.07) is 12.7. The number of hydrogen-bond acceptors (Lipinski definition) is 4. The van der Waals surface area contributed by atoms with Gasteiger partial charge in [0.1, 0.15) is 11.3 Å². The van der Waals surface area contributed by atoms with Gasteiger partial charge in [0.05, 0.1) is 12.7 Å². The van der Waals surface area contributed by atoms with Gasteiger partial charge in [-0.2, -0.15) is 0 Å². The van der Waals surface area contributed by atoms with E-state index in [0.717, 1.165) is 33.5 Å². The molecule has 0 bridgehead atoms. The number of nitrogens with one attached hydrogen (secondary N) is 1. The number of aryl methyl sites for hydroxylation is 2. The Morgan fingerprint density at radius 3 is 2.62 bits per heavy atom. The molecule has 0 aliphatic rings. The third-order valence-electron chi connectivity index (χ3n) is 3.90. The Hall–Kier alpha value is -3.08. The van der Waals surface area contributed by atoms with Crippen LogP contribution in [0, 0.1) is 13.8 Å². The molecule has 2 N–H and O–H groups in total. The molecule has 3 aromatic rings. The number of hydrogen-bond donors (Lipinski definition) is 2. The van der Waals surface area contributed by atoms with Gasteiger partial charge in [-0.25, -0.2) is 9.78 Å². The predicted molar refractivity (Wildman–Crippen MR) is 94.5 cm³/mol. The summed E-state index contributed by atoms with van der Waals surface area (Å²) in [6.45, 7) is 3.85. The number of aromatic nitrogens is 1. The number of anilines is 2. The maximum atomic E-state index is 11.2. The van der Waals surface area contributed by atoms with Crippen LogP contribution in [0.2, 0.25) is 0 Å². The van der Waals surface area contributed by atoms with E-state index in [-0.39, 0.29) is 5.56 Å². The van der Waals surface area contributed by atoms with Crippen molar-refractivity contribution < 1.29 is 14.6 Å². The first-order valence-corrected chi connectivity index (χ1v) is 7.55. The van der Waals surface area contributed by atoms with Gasteiger partial charge in [-0.1, -0.05) is 18.2 Å². The topological polar surface area (TPSA) is 71.5 Å². The van der Waals surface area contributed by atoms with Gasteiger partial charge in [0.2, 0.25) is 0 Å². The fourth-order valence-electron chi connectivity index (χ4n) is 2.65. The normalized spacial score (nSPS) is 10.6. The summed E-state index contributed by atoms with van der Waals surface area (Å²) in [5.74, 6) is -0.245. The Balaban J connectivity index is 2.14. The number of pyridine rings is 1. The number of fused-ring (bicyclic) bond motifs is 1. The van der Waals surface area contributed by atoms with Gasteiger partial charge in [-0.15, -0.1) is 0 Å². The van der Waals surface area contributed by atoms with E-state index >= 15 is 0 Å². The van der Waals surface area contributed by atoms with Crippen molar-refractivity contribution in [2.75, 3.05) is 12.4 Å². The zero-order chi connectivity index (χ0) is 17.3. The molecular weight excluding hydrogens is 304 g/mol. The SMILES string of the molecule is COc1cccc2c(Nc3cc(C(=O)O)ccc3C)cc(C)nc12. The summed E-state index contributed by atoms with van der Waals surface area (Å²) < 4.78 is 5.39. The van der Waals surface area contributed by atoms with Crippen molar-refractivity contribution in [2.45, 2.75) is 13.8 Å². The van der Waals surface area contributed by atoms with Crippen molar-refractivity contribution in [3.8, 4) is 5.75 Å². The molecule has 0 unspecified atom stereocenters. The van der Waals surface area contributed by atoms with Gasteiger partial charge in [0.15, 0.2) is 0 Å². The molecule has 0 fully saturated rings. The zero-order valence-corrected chi connectivity index (χ0v) is 13.8. The van der Waals surface area contributed by atoms with E-state index in [1.807, 2.05) is 38.1 Å². The average Bonchev–Trinajstić information content (AvgIpc) is 2.56. The highest BCUT2D eigenvalue weighted by Gasteiger charge is 2.11. The smallest absolute Gasteiger partial charge is 0.335 e. The van der Waals surface area contributed by atoms with Crippen molar-refractivity contribution in [1.82, 2.24) is 4.98 Å². The van der Waals surface area contributed by atoms with Crippen LogP contribution in [-0.4, -0.2) is 23.2 Å². The van der Waals surface area contributed by atoms with E-state index < -0.39 is 5.97 Å². The number of para-hydroxylation sites is 1. The van der Waals surface area contributed by atoms with Crippen LogP contribution in [0.1, 0.15) is 21.6 Å². The van der Waals surface area contributed by atoms with E-state index in [0.29, 0.717) is 5.75 Å². The third kappa shape index (κ3) is 2.88. The summed E-state index contributed by atoms with van der Waals surface area (Å²) >= 11 is 0. The Kier molecular flexibility index (Phi) is 4.08. The number of carboxylic acids is 1. The van der Waals surface area contributed by atoms with Crippen LogP contribution in [-0.2, 0) is 0 Å². The van der Waals surface area contributed by atoms with Crippen LogP contribution in [0.5, 0.6) is 5.75 Å². The largest absolute Gasteiger partial charge is 0.494 e. The van der Waals surface area contributed by atoms with E-state index in [9.17, 15) is 9.90 Å². The molecule has 2 aromatic carbocycles. The fourth-order valence-corrected chi connectivity index (χ4v) is 2.65. The highest BCUT2D eigenvalue weighted by molar-refractivity contribution is 5.97. The Morgan fingerprint density at radius 1 is 1.12 bits per heavy atom. The van der Waals surface area contributed by atoms with Crippen LogP contribution in [0.4, 0.5) is 11.4 Å². The van der Waals surface area contributed by atoms with Gasteiger partial charge in [-0.3, -0.25) is 0 Å². The van der Waals surface area contributed by atoms with Gasteiger partial charge in [-0.05, 0) is 43.7 Å². The molecule has 0 radical (unpaired) electrons. The maximum Gasteiger partial charge on any atom is 0.335 e. The first kappa shape index (κ1) is 15.8. The number of nitrogens with zero attached hydrogens (tertiary/aromatic N) is 1. The number of carboxylic acid groups (broad SMARTS) is 1. The molecule has 122 valence electrons. The molecule has 5 nitrogen and oxygen atoms in total. The van der Waals surface area contributed by atoms with Crippen LogP contribution >= 0.6 is 0 Å². The highest BCUT2D eigenvalue weighted by atomic mass is 16.5. The number of methoxy groups -OCH3 is 1. The van der Waals surface area contributed by atoms with Gasteiger partial charge >= 0.3 is 5.97 Å². The molecule has 0 amide bonds. The quantitative estimate of drug-likeness (QED) is 0.749. The van der Waals surface area contributed by atoms with E-state index in [2.05, 4.69) is 10.3 Å². The van der Waals surface area contributed by atoms with Gasteiger partial charge < -0.3 is 15.2 Å². The van der Waals surface area contributed by atoms with Crippen LogP contribution in [0.15, 0.2) is 42.5 Å². The monoisotopic (exact) mass is 322 g/mol. The second-order valence-electron chi connectivity index (χ2n) is 5.63. The van der Waals surface area contributed by atoms with Crippen molar-refractivity contribution in [3.05, 3.63) is 59.3 Å². The zero-order valence-electron chi connectivity index (χ0n) is 13.8. The molecule has 0 saturated heterocycles. The van der Waals surface area contributed by atoms with Crippen molar-refractivity contribution in [3.63, 3.8) is 0 Å². The van der Waals surface area contributed by atoms with Crippen LogP contribution in [0.25, 0.3) is 10.9 Å². The number of rotatable bonds is 4. The first-order valence-electron chi connectivity index (χ1n) is 7.55. The maximum absolute atomic E-state index is 11.2. The third-order valence-corrected chi connectivity index (χ3v) is 3.90. The predicted octanol–water partition coefficient (Wildman–Crippen LogP) is 4.30. The molecular formula is C19H18N2O3. The molecule has 1 aromatic heterocycles. The van der Waals surface area contributed by atoms with Gasteiger partial charge in [0.25, 0.3) is 0 Å². The second kappa shape index (κ2) is 6.20. The summed E-state index contributed by atoms with van der Waals surface area (Å²) in [6.07, 6.45) is 0. The van der Waals surface area contributed by atoms with Crippen molar-refractivity contribution >= 4 is 28.2 Å². The summed E-state index contributed by atoms with van der Waals surface area (Å²) in [7, 11) is 1.62. The van der Waals surface area contributed by atoms with Crippen molar-refractivity contribution in [1.29, 1.82) is 0 Å². The molecule has 0 aliphatic carbocycles. The lowest BCUT2D eigenvalue weighted by Crippen LogP contribution is -2.01. The summed E-state index contributed by atoms with van der Waals surface area (Å²) in [5.41, 5.74) is 4.45. The fraction of sp³-hybridized carbons (Fsp3) is 0.158. The molecule has 0 atom stereocenters. The number of ether oxygens (including phenoxy) is 1. The lowest BCUT2D eigenvalue weighted by molar-refractivity contribution is 0.0697. The van der Waals surface area contributed by atoms with Crippen LogP contribution < -0.4 is 10.1 Å². The molecule has 5 heteroatoms. The summed E-state index contributed by atoms with van der Waals surface area (Å²) in [5, 5.41) is 13.5. The number of aromatic carboxylic acids is 1. The minimum absolute atomic E-state index is 0.246. The first-order chi connectivity index (χ1) is 11.5. The molecule has 0 aliphatic heterocycles. The Morgan fingerprint density at radius 2 is 1.92 bits per heavy atom. The van der Waals surface area contributed by atoms with E-state index in [1.165, 1.54) is 0 Å². The number of carbonyl (C=O) groups is 1. The van der Waals surface area contributed by atoms with Crippen molar-refractivity contribution in [2.24, 2.45) is 0 Å². The average molecular weight is 322 g/mol. The Labute approximate surface area is 139 Å². The van der Waals surface area contributed by atoms with Crippen LogP contribution in [0.3, 0.4) is 0 Å². The molecule has 1 heterocycles. The number of benzene rings is 2. The lowest BCUT2D eigenvalue weighted by Gasteiger charge is -2.14. The minimum Gasteiger partial charge on any atom is -0.494 e.